The van der Waals surface area contributed by atoms with E-state index in [1.54, 1.807) is 24.3 Å². The SMILES string of the molecule is CCOc1ccc(C2/C(=C(/O)c3ccc4c(c3)CC(C)O4)C(=O)C(=O)N2CCN(C)C)cc1OCC. The maximum atomic E-state index is 13.3. The van der Waals surface area contributed by atoms with E-state index in [-0.39, 0.29) is 17.4 Å². The molecule has 2 aliphatic heterocycles. The largest absolute Gasteiger partial charge is 0.507 e. The monoisotopic (exact) mass is 494 g/mol. The van der Waals surface area contributed by atoms with Crippen molar-refractivity contribution in [1.82, 2.24) is 9.80 Å². The van der Waals surface area contributed by atoms with Gasteiger partial charge in [0.15, 0.2) is 11.5 Å². The molecule has 8 heteroatoms. The molecule has 2 atom stereocenters. The van der Waals surface area contributed by atoms with Crippen LogP contribution < -0.4 is 14.2 Å². The Morgan fingerprint density at radius 2 is 1.81 bits per heavy atom. The van der Waals surface area contributed by atoms with Crippen LogP contribution in [0.1, 0.15) is 43.5 Å². The van der Waals surface area contributed by atoms with E-state index in [9.17, 15) is 14.7 Å². The number of aliphatic hydroxyl groups is 1. The van der Waals surface area contributed by atoms with Gasteiger partial charge < -0.3 is 29.1 Å². The summed E-state index contributed by atoms with van der Waals surface area (Å²) >= 11 is 0. The molecule has 8 nitrogen and oxygen atoms in total. The summed E-state index contributed by atoms with van der Waals surface area (Å²) in [5.41, 5.74) is 2.18. The number of amides is 1. The van der Waals surface area contributed by atoms with E-state index < -0.39 is 17.7 Å². The predicted molar refractivity (Wildman–Crippen MR) is 137 cm³/mol. The lowest BCUT2D eigenvalue weighted by Crippen LogP contribution is -2.35. The van der Waals surface area contributed by atoms with Crippen molar-refractivity contribution in [2.75, 3.05) is 40.4 Å². The highest BCUT2D eigenvalue weighted by atomic mass is 16.5. The van der Waals surface area contributed by atoms with Crippen LogP contribution in [0, 0.1) is 0 Å². The maximum Gasteiger partial charge on any atom is 0.295 e. The number of aliphatic hydroxyl groups excluding tert-OH is 1. The van der Waals surface area contributed by atoms with Gasteiger partial charge in [0.1, 0.15) is 17.6 Å². The molecule has 36 heavy (non-hydrogen) atoms. The zero-order valence-corrected chi connectivity index (χ0v) is 21.5. The number of carbonyl (C=O) groups is 2. The number of likely N-dealkylation sites (tertiary alicyclic amines) is 1. The molecule has 2 unspecified atom stereocenters. The van der Waals surface area contributed by atoms with Crippen molar-refractivity contribution >= 4 is 17.4 Å². The van der Waals surface area contributed by atoms with Gasteiger partial charge in [-0.2, -0.15) is 0 Å². The van der Waals surface area contributed by atoms with Crippen molar-refractivity contribution in [3.05, 3.63) is 58.7 Å². The van der Waals surface area contributed by atoms with Crippen LogP contribution in [0.25, 0.3) is 5.76 Å². The topological polar surface area (TPSA) is 88.5 Å². The number of ketones is 1. The molecule has 2 heterocycles. The van der Waals surface area contributed by atoms with Crippen LogP contribution in [0.4, 0.5) is 0 Å². The van der Waals surface area contributed by atoms with Crippen LogP contribution in [0.3, 0.4) is 0 Å². The molecule has 0 spiro atoms. The number of hydrogen-bond donors (Lipinski definition) is 1. The van der Waals surface area contributed by atoms with Crippen molar-refractivity contribution in [3.8, 4) is 17.2 Å². The average Bonchev–Trinajstić information content (AvgIpc) is 3.34. The summed E-state index contributed by atoms with van der Waals surface area (Å²) in [5.74, 6) is 0.358. The average molecular weight is 495 g/mol. The standard InChI is InChI=1S/C28H34N2O6/c1-6-34-22-11-8-18(16-23(22)35-7-2)25-24(27(32)28(33)30(25)13-12-29(4)5)26(31)19-9-10-21-20(15-19)14-17(3)36-21/h8-11,15-17,25,31H,6-7,12-14H2,1-5H3/b26-24-. The molecule has 192 valence electrons. The Morgan fingerprint density at radius 3 is 2.50 bits per heavy atom. The Balaban J connectivity index is 1.84. The fourth-order valence-corrected chi connectivity index (χ4v) is 4.73. The zero-order valence-electron chi connectivity index (χ0n) is 21.5. The van der Waals surface area contributed by atoms with Crippen molar-refractivity contribution in [1.29, 1.82) is 0 Å². The van der Waals surface area contributed by atoms with E-state index in [2.05, 4.69) is 0 Å². The number of rotatable bonds is 9. The Kier molecular flexibility index (Phi) is 7.54. The number of Topliss-reactive ketones (excluding diaryl/α,β-unsaturated/α-hetero) is 1. The molecule has 1 amide bonds. The third-order valence-corrected chi connectivity index (χ3v) is 6.38. The second-order valence-electron chi connectivity index (χ2n) is 9.32. The minimum Gasteiger partial charge on any atom is -0.507 e. The van der Waals surface area contributed by atoms with Gasteiger partial charge in [0.05, 0.1) is 24.8 Å². The zero-order chi connectivity index (χ0) is 26.0. The van der Waals surface area contributed by atoms with Crippen LogP contribution in [0.5, 0.6) is 17.2 Å². The van der Waals surface area contributed by atoms with Crippen LogP contribution in [-0.4, -0.2) is 73.1 Å². The normalized spacial score (nSPS) is 20.6. The van der Waals surface area contributed by atoms with Crippen LogP contribution in [0.15, 0.2) is 42.0 Å². The maximum absolute atomic E-state index is 13.3. The van der Waals surface area contributed by atoms with Gasteiger partial charge >= 0.3 is 0 Å². The fourth-order valence-electron chi connectivity index (χ4n) is 4.73. The van der Waals surface area contributed by atoms with Gasteiger partial charge in [0.2, 0.25) is 0 Å². The number of hydrogen-bond acceptors (Lipinski definition) is 7. The molecule has 1 saturated heterocycles. The molecular formula is C28H34N2O6. The quantitative estimate of drug-likeness (QED) is 0.322. The van der Waals surface area contributed by atoms with E-state index in [1.165, 1.54) is 4.90 Å². The molecule has 0 radical (unpaired) electrons. The first-order chi connectivity index (χ1) is 17.2. The number of carbonyl (C=O) groups excluding carboxylic acids is 2. The Bertz CT molecular complexity index is 1190. The summed E-state index contributed by atoms with van der Waals surface area (Å²) in [6, 6.07) is 9.99. The van der Waals surface area contributed by atoms with E-state index in [0.29, 0.717) is 55.4 Å². The first-order valence-corrected chi connectivity index (χ1v) is 12.4. The Morgan fingerprint density at radius 1 is 1.08 bits per heavy atom. The van der Waals surface area contributed by atoms with Crippen LogP contribution >= 0.6 is 0 Å². The number of likely N-dealkylation sites (N-methyl/N-ethyl adjacent to an activating group) is 1. The highest BCUT2D eigenvalue weighted by Gasteiger charge is 2.46. The van der Waals surface area contributed by atoms with Crippen LogP contribution in [-0.2, 0) is 16.0 Å². The summed E-state index contributed by atoms with van der Waals surface area (Å²) < 4.78 is 17.3. The summed E-state index contributed by atoms with van der Waals surface area (Å²) in [7, 11) is 3.81. The smallest absolute Gasteiger partial charge is 0.295 e. The summed E-state index contributed by atoms with van der Waals surface area (Å²) in [6.07, 6.45) is 0.767. The van der Waals surface area contributed by atoms with Crippen molar-refractivity contribution < 1.29 is 28.9 Å². The van der Waals surface area contributed by atoms with Crippen molar-refractivity contribution in [3.63, 3.8) is 0 Å². The fraction of sp³-hybridized carbons (Fsp3) is 0.429. The molecular weight excluding hydrogens is 460 g/mol. The number of fused-ring (bicyclic) bond motifs is 1. The van der Waals surface area contributed by atoms with Gasteiger partial charge in [0.25, 0.3) is 11.7 Å². The molecule has 2 aromatic carbocycles. The van der Waals surface area contributed by atoms with Gasteiger partial charge in [-0.25, -0.2) is 0 Å². The minimum atomic E-state index is -0.761. The highest BCUT2D eigenvalue weighted by molar-refractivity contribution is 6.46. The third-order valence-electron chi connectivity index (χ3n) is 6.38. The summed E-state index contributed by atoms with van der Waals surface area (Å²) in [4.78, 5) is 30.0. The van der Waals surface area contributed by atoms with E-state index >= 15 is 0 Å². The number of nitrogens with zero attached hydrogens (tertiary/aromatic N) is 2. The molecule has 0 aliphatic carbocycles. The van der Waals surface area contributed by atoms with Crippen LogP contribution in [0.2, 0.25) is 0 Å². The molecule has 1 fully saturated rings. The first-order valence-electron chi connectivity index (χ1n) is 12.4. The van der Waals surface area contributed by atoms with E-state index in [1.807, 2.05) is 51.9 Å². The lowest BCUT2D eigenvalue weighted by atomic mass is 9.94. The predicted octanol–water partition coefficient (Wildman–Crippen LogP) is 3.79. The molecule has 0 aromatic heterocycles. The highest BCUT2D eigenvalue weighted by Crippen LogP contribution is 2.42. The van der Waals surface area contributed by atoms with Gasteiger partial charge in [-0.3, -0.25) is 9.59 Å². The summed E-state index contributed by atoms with van der Waals surface area (Å²) in [5, 5.41) is 11.4. The minimum absolute atomic E-state index is 0.0508. The van der Waals surface area contributed by atoms with Gasteiger partial charge in [-0.05, 0) is 76.3 Å². The number of ether oxygens (including phenoxy) is 3. The molecule has 0 bridgehead atoms. The van der Waals surface area contributed by atoms with Crippen molar-refractivity contribution in [2.45, 2.75) is 39.3 Å². The molecule has 1 N–H and O–H groups in total. The van der Waals surface area contributed by atoms with Gasteiger partial charge in [-0.1, -0.05) is 6.07 Å². The lowest BCUT2D eigenvalue weighted by molar-refractivity contribution is -0.140. The van der Waals surface area contributed by atoms with Gasteiger partial charge in [-0.15, -0.1) is 0 Å². The molecule has 0 saturated carbocycles. The number of benzene rings is 2. The van der Waals surface area contributed by atoms with Crippen molar-refractivity contribution in [2.24, 2.45) is 0 Å². The Labute approximate surface area is 212 Å². The van der Waals surface area contributed by atoms with Gasteiger partial charge in [0, 0.05) is 25.1 Å². The van der Waals surface area contributed by atoms with E-state index in [4.69, 9.17) is 14.2 Å². The molecule has 2 aliphatic rings. The molecule has 4 rings (SSSR count). The molecule has 2 aromatic rings. The second kappa shape index (κ2) is 10.6. The van der Waals surface area contributed by atoms with E-state index in [0.717, 1.165) is 11.3 Å². The first kappa shape index (κ1) is 25.6. The Hall–Kier alpha value is -3.52. The summed E-state index contributed by atoms with van der Waals surface area (Å²) in [6.45, 7) is 7.55. The third kappa shape index (κ3) is 4.91. The lowest BCUT2D eigenvalue weighted by Gasteiger charge is -2.27. The second-order valence-corrected chi connectivity index (χ2v) is 9.32.